The standard InChI is InChI=1S/C23H27N3O5S/c27-22(24-14-16-4-1-6-19(12-16)26-23(28)17-9-10-17)18-5-2-8-21(13-18)32(29,30)25-15-20-7-3-11-31-20/h1-2,4-6,8,12-13,17,20,25H,3,7,9-11,14-15H2,(H,24,27)(H,26,28). The summed E-state index contributed by atoms with van der Waals surface area (Å²) in [6.45, 7) is 1.12. The maximum Gasteiger partial charge on any atom is 0.251 e. The largest absolute Gasteiger partial charge is 0.377 e. The summed E-state index contributed by atoms with van der Waals surface area (Å²) in [7, 11) is -3.74. The number of amides is 2. The van der Waals surface area contributed by atoms with Crippen LogP contribution in [0, 0.1) is 5.92 Å². The van der Waals surface area contributed by atoms with Gasteiger partial charge in [-0.15, -0.1) is 0 Å². The third-order valence-electron chi connectivity index (χ3n) is 5.53. The average molecular weight is 458 g/mol. The van der Waals surface area contributed by atoms with Crippen molar-refractivity contribution in [2.24, 2.45) is 5.92 Å². The van der Waals surface area contributed by atoms with Crippen molar-refractivity contribution in [3.8, 4) is 0 Å². The van der Waals surface area contributed by atoms with E-state index in [1.54, 1.807) is 12.1 Å². The van der Waals surface area contributed by atoms with Crippen LogP contribution in [0.2, 0.25) is 0 Å². The zero-order valence-electron chi connectivity index (χ0n) is 17.7. The van der Waals surface area contributed by atoms with Gasteiger partial charge in [-0.05, 0) is 61.6 Å². The Kier molecular flexibility index (Phi) is 6.88. The summed E-state index contributed by atoms with van der Waals surface area (Å²) in [5.74, 6) is -0.243. The molecule has 3 N–H and O–H groups in total. The summed E-state index contributed by atoms with van der Waals surface area (Å²) in [4.78, 5) is 24.6. The van der Waals surface area contributed by atoms with Crippen LogP contribution in [0.15, 0.2) is 53.4 Å². The monoisotopic (exact) mass is 457 g/mol. The second kappa shape index (κ2) is 9.81. The topological polar surface area (TPSA) is 114 Å². The summed E-state index contributed by atoms with van der Waals surface area (Å²) in [5.41, 5.74) is 1.77. The molecule has 1 aliphatic carbocycles. The molecule has 4 rings (SSSR count). The van der Waals surface area contributed by atoms with Crippen LogP contribution < -0.4 is 15.4 Å². The molecule has 2 fully saturated rings. The first-order valence-electron chi connectivity index (χ1n) is 10.8. The highest BCUT2D eigenvalue weighted by Crippen LogP contribution is 2.30. The maximum atomic E-state index is 12.6. The first-order valence-corrected chi connectivity index (χ1v) is 12.3. The number of carbonyl (C=O) groups excluding carboxylic acids is 2. The predicted octanol–water partition coefficient (Wildman–Crippen LogP) is 2.42. The minimum absolute atomic E-state index is 0.0253. The Hall–Kier alpha value is -2.75. The number of carbonyl (C=O) groups is 2. The molecule has 2 amide bonds. The van der Waals surface area contributed by atoms with Crippen molar-refractivity contribution < 1.29 is 22.7 Å². The Labute approximate surface area is 187 Å². The van der Waals surface area contributed by atoms with E-state index < -0.39 is 10.0 Å². The fourth-order valence-corrected chi connectivity index (χ4v) is 4.64. The van der Waals surface area contributed by atoms with Gasteiger partial charge in [-0.2, -0.15) is 0 Å². The van der Waals surface area contributed by atoms with Crippen LogP contribution in [-0.2, 0) is 26.1 Å². The lowest BCUT2D eigenvalue weighted by molar-refractivity contribution is -0.117. The predicted molar refractivity (Wildman–Crippen MR) is 120 cm³/mol. The fourth-order valence-electron chi connectivity index (χ4n) is 3.53. The third-order valence-corrected chi connectivity index (χ3v) is 6.95. The number of ether oxygens (including phenoxy) is 1. The van der Waals surface area contributed by atoms with E-state index in [-0.39, 0.29) is 47.4 Å². The summed E-state index contributed by atoms with van der Waals surface area (Å²) < 4.78 is 33.2. The second-order valence-corrected chi connectivity index (χ2v) is 9.93. The van der Waals surface area contributed by atoms with Gasteiger partial charge in [-0.3, -0.25) is 9.59 Å². The summed E-state index contributed by atoms with van der Waals surface area (Å²) in [6.07, 6.45) is 3.51. The quantitative estimate of drug-likeness (QED) is 0.535. The van der Waals surface area contributed by atoms with Crippen LogP contribution in [0.25, 0.3) is 0 Å². The first kappa shape index (κ1) is 22.4. The zero-order chi connectivity index (χ0) is 22.6. The van der Waals surface area contributed by atoms with E-state index in [2.05, 4.69) is 15.4 Å². The van der Waals surface area contributed by atoms with E-state index >= 15 is 0 Å². The Morgan fingerprint density at radius 2 is 1.84 bits per heavy atom. The lowest BCUT2D eigenvalue weighted by Crippen LogP contribution is -2.32. The summed E-state index contributed by atoms with van der Waals surface area (Å²) in [6, 6.07) is 13.2. The van der Waals surface area contributed by atoms with Gasteiger partial charge in [0.2, 0.25) is 15.9 Å². The minimum Gasteiger partial charge on any atom is -0.377 e. The molecule has 2 aromatic carbocycles. The molecule has 0 radical (unpaired) electrons. The molecule has 0 bridgehead atoms. The van der Waals surface area contributed by atoms with Gasteiger partial charge in [0.1, 0.15) is 0 Å². The Morgan fingerprint density at radius 1 is 1.03 bits per heavy atom. The highest BCUT2D eigenvalue weighted by atomic mass is 32.2. The van der Waals surface area contributed by atoms with Gasteiger partial charge in [0.25, 0.3) is 5.91 Å². The fraction of sp³-hybridized carbons (Fsp3) is 0.391. The van der Waals surface area contributed by atoms with Gasteiger partial charge in [-0.1, -0.05) is 18.2 Å². The van der Waals surface area contributed by atoms with E-state index in [9.17, 15) is 18.0 Å². The molecule has 1 atom stereocenters. The molecule has 170 valence electrons. The third kappa shape index (κ3) is 5.93. The van der Waals surface area contributed by atoms with Crippen LogP contribution in [0.5, 0.6) is 0 Å². The van der Waals surface area contributed by atoms with Crippen LogP contribution in [0.1, 0.15) is 41.6 Å². The highest BCUT2D eigenvalue weighted by molar-refractivity contribution is 7.89. The molecule has 2 aliphatic rings. The molecule has 0 spiro atoms. The molecule has 1 heterocycles. The number of nitrogens with one attached hydrogen (secondary N) is 3. The van der Waals surface area contributed by atoms with Gasteiger partial charge in [0, 0.05) is 36.9 Å². The number of benzene rings is 2. The molecule has 32 heavy (non-hydrogen) atoms. The first-order chi connectivity index (χ1) is 15.4. The number of hydrogen-bond acceptors (Lipinski definition) is 5. The number of rotatable bonds is 9. The highest BCUT2D eigenvalue weighted by Gasteiger charge is 2.29. The van der Waals surface area contributed by atoms with Crippen molar-refractivity contribution in [1.82, 2.24) is 10.0 Å². The van der Waals surface area contributed by atoms with Crippen molar-refractivity contribution in [2.75, 3.05) is 18.5 Å². The van der Waals surface area contributed by atoms with Gasteiger partial charge < -0.3 is 15.4 Å². The molecule has 1 saturated heterocycles. The van der Waals surface area contributed by atoms with Gasteiger partial charge in [0.15, 0.2) is 0 Å². The SMILES string of the molecule is O=C(NCc1cccc(NC(=O)C2CC2)c1)c1cccc(S(=O)(=O)NCC2CCCO2)c1. The number of sulfonamides is 1. The van der Waals surface area contributed by atoms with Gasteiger partial charge in [-0.25, -0.2) is 13.1 Å². The summed E-state index contributed by atoms with van der Waals surface area (Å²) in [5, 5.41) is 5.68. The smallest absolute Gasteiger partial charge is 0.251 e. The molecule has 9 heteroatoms. The van der Waals surface area contributed by atoms with Crippen LogP contribution in [0.4, 0.5) is 5.69 Å². The van der Waals surface area contributed by atoms with Crippen molar-refractivity contribution in [3.05, 3.63) is 59.7 Å². The molecule has 1 saturated carbocycles. The minimum atomic E-state index is -3.74. The van der Waals surface area contributed by atoms with E-state index in [0.717, 1.165) is 31.2 Å². The van der Waals surface area contributed by atoms with Crippen LogP contribution in [0.3, 0.4) is 0 Å². The number of hydrogen-bond donors (Lipinski definition) is 3. The maximum absolute atomic E-state index is 12.6. The van der Waals surface area contributed by atoms with E-state index in [4.69, 9.17) is 4.74 Å². The second-order valence-electron chi connectivity index (χ2n) is 8.16. The lowest BCUT2D eigenvalue weighted by Gasteiger charge is -2.12. The van der Waals surface area contributed by atoms with Gasteiger partial charge in [0.05, 0.1) is 11.0 Å². The molecular weight excluding hydrogens is 430 g/mol. The molecule has 1 unspecified atom stereocenters. The normalized spacial score (nSPS) is 18.3. The molecule has 1 aliphatic heterocycles. The van der Waals surface area contributed by atoms with Crippen LogP contribution >= 0.6 is 0 Å². The molecule has 8 nitrogen and oxygen atoms in total. The summed E-state index contributed by atoms with van der Waals surface area (Å²) >= 11 is 0. The molecule has 2 aromatic rings. The van der Waals surface area contributed by atoms with Crippen molar-refractivity contribution in [1.29, 1.82) is 0 Å². The van der Waals surface area contributed by atoms with Crippen molar-refractivity contribution in [2.45, 2.75) is 43.2 Å². The Bertz CT molecular complexity index is 1090. The Morgan fingerprint density at radius 3 is 2.59 bits per heavy atom. The molecule has 0 aromatic heterocycles. The number of anilines is 1. The molecular formula is C23H27N3O5S. The average Bonchev–Trinajstić information content (AvgIpc) is 3.52. The van der Waals surface area contributed by atoms with Gasteiger partial charge >= 0.3 is 0 Å². The van der Waals surface area contributed by atoms with E-state index in [1.165, 1.54) is 12.1 Å². The zero-order valence-corrected chi connectivity index (χ0v) is 18.5. The van der Waals surface area contributed by atoms with E-state index in [1.807, 2.05) is 24.3 Å². The lowest BCUT2D eigenvalue weighted by atomic mass is 10.1. The van der Waals surface area contributed by atoms with E-state index in [0.29, 0.717) is 12.3 Å². The van der Waals surface area contributed by atoms with Crippen LogP contribution in [-0.4, -0.2) is 39.5 Å². The van der Waals surface area contributed by atoms with Crippen molar-refractivity contribution in [3.63, 3.8) is 0 Å². The Balaban J connectivity index is 1.35. The van der Waals surface area contributed by atoms with Crippen molar-refractivity contribution >= 4 is 27.5 Å².